The predicted octanol–water partition coefficient (Wildman–Crippen LogP) is 3.45. The van der Waals surface area contributed by atoms with E-state index in [9.17, 15) is 4.79 Å². The van der Waals surface area contributed by atoms with Gasteiger partial charge in [0, 0.05) is 18.8 Å². The summed E-state index contributed by atoms with van der Waals surface area (Å²) in [6, 6.07) is 7.81. The van der Waals surface area contributed by atoms with Crippen molar-refractivity contribution < 1.29 is 14.3 Å². The molecule has 1 aromatic carbocycles. The quantitative estimate of drug-likeness (QED) is 0.580. The van der Waals surface area contributed by atoms with Crippen LogP contribution in [0.1, 0.15) is 37.2 Å². The van der Waals surface area contributed by atoms with Gasteiger partial charge in [-0.25, -0.2) is 0 Å². The zero-order valence-electron chi connectivity index (χ0n) is 11.1. The van der Waals surface area contributed by atoms with E-state index in [-0.39, 0.29) is 12.2 Å². The van der Waals surface area contributed by atoms with Crippen molar-refractivity contribution in [1.29, 1.82) is 0 Å². The molecule has 1 aromatic rings. The van der Waals surface area contributed by atoms with Gasteiger partial charge in [-0.3, -0.25) is 0 Å². The molecule has 1 aliphatic rings. The van der Waals surface area contributed by atoms with Gasteiger partial charge in [0.2, 0.25) is 0 Å². The molecule has 0 aliphatic carbocycles. The molecule has 0 N–H and O–H groups in total. The Bertz CT molecular complexity index is 405. The summed E-state index contributed by atoms with van der Waals surface area (Å²) >= 11 is 0. The molecule has 0 amide bonds. The zero-order valence-corrected chi connectivity index (χ0v) is 11.1. The van der Waals surface area contributed by atoms with Crippen LogP contribution in [0, 0.1) is 0 Å². The van der Waals surface area contributed by atoms with Gasteiger partial charge in [-0.1, -0.05) is 18.2 Å². The van der Waals surface area contributed by atoms with Crippen LogP contribution >= 0.6 is 0 Å². The molecule has 1 unspecified atom stereocenters. The first kappa shape index (κ1) is 13.8. The highest BCUT2D eigenvalue weighted by atomic mass is 16.7. The molecule has 3 heteroatoms. The fourth-order valence-electron chi connectivity index (χ4n) is 2.22. The molecule has 0 bridgehead atoms. The average molecular weight is 260 g/mol. The lowest BCUT2D eigenvalue weighted by molar-refractivity contribution is -0.108. The van der Waals surface area contributed by atoms with Gasteiger partial charge in [-0.15, -0.1) is 6.58 Å². The van der Waals surface area contributed by atoms with E-state index in [0.29, 0.717) is 6.42 Å². The fraction of sp³-hybridized carbons (Fsp3) is 0.438. The highest BCUT2D eigenvalue weighted by molar-refractivity contribution is 5.52. The van der Waals surface area contributed by atoms with E-state index in [1.807, 2.05) is 24.3 Å². The smallest absolute Gasteiger partial charge is 0.199 e. The molecule has 3 nitrogen and oxygen atoms in total. The van der Waals surface area contributed by atoms with Gasteiger partial charge in [0.15, 0.2) is 6.29 Å². The molecule has 1 aliphatic heterocycles. The van der Waals surface area contributed by atoms with E-state index >= 15 is 0 Å². The second kappa shape index (κ2) is 7.10. The molecule has 2 rings (SSSR count). The van der Waals surface area contributed by atoms with E-state index in [1.165, 1.54) is 0 Å². The molecule has 2 atom stereocenters. The normalized spacial score (nSPS) is 20.5. The van der Waals surface area contributed by atoms with Gasteiger partial charge in [-0.2, -0.15) is 0 Å². The average Bonchev–Trinajstić information content (AvgIpc) is 2.47. The van der Waals surface area contributed by atoms with Crippen LogP contribution in [-0.2, 0) is 9.53 Å². The maximum Gasteiger partial charge on any atom is 0.199 e. The standard InChI is InChI=1S/C16H20O3/c1-2-13(10-11-17)14-6-8-15(9-7-14)19-16-5-3-4-12-18-16/h2,6-9,11,13,16H,1,3-5,10,12H2/t13-,16?/m1/s1. The van der Waals surface area contributed by atoms with Crippen LogP contribution in [0.25, 0.3) is 0 Å². The summed E-state index contributed by atoms with van der Waals surface area (Å²) in [6.07, 6.45) is 6.29. The van der Waals surface area contributed by atoms with Crippen molar-refractivity contribution in [3.8, 4) is 5.75 Å². The minimum absolute atomic E-state index is 0.0810. The third kappa shape index (κ3) is 3.93. The van der Waals surface area contributed by atoms with Crippen LogP contribution in [0.15, 0.2) is 36.9 Å². The third-order valence-electron chi connectivity index (χ3n) is 3.35. The summed E-state index contributed by atoms with van der Waals surface area (Å²) in [7, 11) is 0. The number of aldehydes is 1. The number of ether oxygens (including phenoxy) is 2. The molecule has 102 valence electrons. The summed E-state index contributed by atoms with van der Waals surface area (Å²) in [6.45, 7) is 4.54. The molecule has 0 saturated carbocycles. The molecule has 1 fully saturated rings. The topological polar surface area (TPSA) is 35.5 Å². The molecule has 0 radical (unpaired) electrons. The van der Waals surface area contributed by atoms with Gasteiger partial charge in [0.25, 0.3) is 0 Å². The highest BCUT2D eigenvalue weighted by Crippen LogP contribution is 2.24. The van der Waals surface area contributed by atoms with Gasteiger partial charge in [-0.05, 0) is 30.5 Å². The molecule has 19 heavy (non-hydrogen) atoms. The first-order chi connectivity index (χ1) is 9.33. The minimum Gasteiger partial charge on any atom is -0.465 e. The third-order valence-corrected chi connectivity index (χ3v) is 3.35. The maximum absolute atomic E-state index is 10.6. The molecule has 1 saturated heterocycles. The van der Waals surface area contributed by atoms with Gasteiger partial charge in [0.05, 0.1) is 6.61 Å². The Hall–Kier alpha value is -1.61. The SMILES string of the molecule is C=C[C@H](CC=O)c1ccc(OC2CCCCO2)cc1. The van der Waals surface area contributed by atoms with Crippen LogP contribution in [0.5, 0.6) is 5.75 Å². The maximum atomic E-state index is 10.6. The zero-order chi connectivity index (χ0) is 13.5. The van der Waals surface area contributed by atoms with Crippen molar-refractivity contribution in [2.45, 2.75) is 37.9 Å². The molecule has 0 spiro atoms. The van der Waals surface area contributed by atoms with Crippen LogP contribution in [0.2, 0.25) is 0 Å². The number of rotatable bonds is 6. The Morgan fingerprint density at radius 3 is 2.74 bits per heavy atom. The molecule has 0 aromatic heterocycles. The van der Waals surface area contributed by atoms with Crippen molar-refractivity contribution in [2.24, 2.45) is 0 Å². The largest absolute Gasteiger partial charge is 0.465 e. The Morgan fingerprint density at radius 1 is 1.37 bits per heavy atom. The summed E-state index contributed by atoms with van der Waals surface area (Å²) in [5.74, 6) is 0.891. The Labute approximate surface area is 114 Å². The highest BCUT2D eigenvalue weighted by Gasteiger charge is 2.15. The summed E-state index contributed by atoms with van der Waals surface area (Å²) in [5, 5.41) is 0. The van der Waals surface area contributed by atoms with Crippen molar-refractivity contribution in [3.05, 3.63) is 42.5 Å². The van der Waals surface area contributed by atoms with Crippen LogP contribution < -0.4 is 4.74 Å². The first-order valence-electron chi connectivity index (χ1n) is 6.78. The van der Waals surface area contributed by atoms with Crippen LogP contribution in [0.3, 0.4) is 0 Å². The molecule has 1 heterocycles. The lowest BCUT2D eigenvalue weighted by Gasteiger charge is -2.23. The second-order valence-electron chi connectivity index (χ2n) is 4.73. The first-order valence-corrected chi connectivity index (χ1v) is 6.78. The van der Waals surface area contributed by atoms with Crippen LogP contribution in [-0.4, -0.2) is 19.2 Å². The van der Waals surface area contributed by atoms with Gasteiger partial charge in [0.1, 0.15) is 12.0 Å². The predicted molar refractivity (Wildman–Crippen MR) is 74.3 cm³/mol. The van der Waals surface area contributed by atoms with E-state index < -0.39 is 0 Å². The molecular weight excluding hydrogens is 240 g/mol. The summed E-state index contributed by atoms with van der Waals surface area (Å²) in [5.41, 5.74) is 1.08. The van der Waals surface area contributed by atoms with E-state index in [2.05, 4.69) is 6.58 Å². The van der Waals surface area contributed by atoms with Crippen molar-refractivity contribution >= 4 is 6.29 Å². The monoisotopic (exact) mass is 260 g/mol. The Balaban J connectivity index is 1.96. The molecular formula is C16H20O3. The number of allylic oxidation sites excluding steroid dienone is 1. The summed E-state index contributed by atoms with van der Waals surface area (Å²) < 4.78 is 11.3. The Kier molecular flexibility index (Phi) is 5.16. The number of carbonyl (C=O) groups excluding carboxylic acids is 1. The number of hydrogen-bond acceptors (Lipinski definition) is 3. The van der Waals surface area contributed by atoms with E-state index in [0.717, 1.165) is 43.5 Å². The number of hydrogen-bond donors (Lipinski definition) is 0. The van der Waals surface area contributed by atoms with Crippen LogP contribution in [0.4, 0.5) is 0 Å². The number of benzene rings is 1. The van der Waals surface area contributed by atoms with E-state index in [4.69, 9.17) is 9.47 Å². The lowest BCUT2D eigenvalue weighted by atomic mass is 9.96. The van der Waals surface area contributed by atoms with Crippen molar-refractivity contribution in [1.82, 2.24) is 0 Å². The van der Waals surface area contributed by atoms with Crippen molar-refractivity contribution in [3.63, 3.8) is 0 Å². The minimum atomic E-state index is -0.121. The van der Waals surface area contributed by atoms with Gasteiger partial charge >= 0.3 is 0 Å². The lowest BCUT2D eigenvalue weighted by Crippen LogP contribution is -2.24. The summed E-state index contributed by atoms with van der Waals surface area (Å²) in [4.78, 5) is 10.6. The Morgan fingerprint density at radius 2 is 2.16 bits per heavy atom. The van der Waals surface area contributed by atoms with E-state index in [1.54, 1.807) is 6.08 Å². The number of carbonyl (C=O) groups is 1. The second-order valence-corrected chi connectivity index (χ2v) is 4.73. The van der Waals surface area contributed by atoms with Crippen molar-refractivity contribution in [2.75, 3.05) is 6.61 Å². The van der Waals surface area contributed by atoms with Gasteiger partial charge < -0.3 is 14.3 Å². The fourth-order valence-corrected chi connectivity index (χ4v) is 2.22.